The van der Waals surface area contributed by atoms with Crippen LogP contribution < -0.4 is 10.1 Å². The van der Waals surface area contributed by atoms with Crippen LogP contribution in [0.5, 0.6) is 5.75 Å². The van der Waals surface area contributed by atoms with Crippen LogP contribution in [0.3, 0.4) is 0 Å². The Morgan fingerprint density at radius 3 is 2.93 bits per heavy atom. The molecule has 1 saturated heterocycles. The van der Waals surface area contributed by atoms with Crippen LogP contribution in [-0.2, 0) is 0 Å². The minimum Gasteiger partial charge on any atom is -0.490 e. The third-order valence-corrected chi connectivity index (χ3v) is 2.64. The summed E-state index contributed by atoms with van der Waals surface area (Å²) >= 11 is 0. The summed E-state index contributed by atoms with van der Waals surface area (Å²) in [5.41, 5.74) is 0. The van der Waals surface area contributed by atoms with Gasteiger partial charge < -0.3 is 10.1 Å². The molecule has 1 aliphatic heterocycles. The Hall–Kier alpha value is -1.16. The molecule has 2 rings (SSSR count). The maximum atomic E-state index is 5.64. The lowest BCUT2D eigenvalue weighted by atomic mass is 10.0. The SMILES string of the molecule is Cc1ncc(OCC2CCCNC2)cn1. The molecule has 1 aromatic rings. The first-order valence-corrected chi connectivity index (χ1v) is 5.47. The molecule has 0 saturated carbocycles. The summed E-state index contributed by atoms with van der Waals surface area (Å²) < 4.78 is 5.64. The Morgan fingerprint density at radius 1 is 1.47 bits per heavy atom. The lowest BCUT2D eigenvalue weighted by Crippen LogP contribution is -2.33. The number of ether oxygens (including phenoxy) is 1. The van der Waals surface area contributed by atoms with E-state index in [-0.39, 0.29) is 0 Å². The van der Waals surface area contributed by atoms with E-state index in [0.717, 1.165) is 31.3 Å². The van der Waals surface area contributed by atoms with Crippen LogP contribution in [0.25, 0.3) is 0 Å². The maximum Gasteiger partial charge on any atom is 0.155 e. The van der Waals surface area contributed by atoms with Gasteiger partial charge in [0.15, 0.2) is 5.75 Å². The highest BCUT2D eigenvalue weighted by Crippen LogP contribution is 2.13. The van der Waals surface area contributed by atoms with Crippen molar-refractivity contribution in [2.45, 2.75) is 19.8 Å². The van der Waals surface area contributed by atoms with Crippen LogP contribution in [-0.4, -0.2) is 29.7 Å². The third kappa shape index (κ3) is 3.16. The number of rotatable bonds is 3. The van der Waals surface area contributed by atoms with Crippen molar-refractivity contribution >= 4 is 0 Å². The number of hydrogen-bond donors (Lipinski definition) is 1. The lowest BCUT2D eigenvalue weighted by molar-refractivity contribution is 0.217. The summed E-state index contributed by atoms with van der Waals surface area (Å²) in [5, 5.41) is 3.37. The molecule has 0 amide bonds. The molecule has 0 aromatic carbocycles. The molecule has 1 aromatic heterocycles. The van der Waals surface area contributed by atoms with E-state index in [9.17, 15) is 0 Å². The molecule has 1 unspecified atom stereocenters. The number of aryl methyl sites for hydroxylation is 1. The van der Waals surface area contributed by atoms with E-state index in [1.807, 2.05) is 6.92 Å². The van der Waals surface area contributed by atoms with E-state index in [2.05, 4.69) is 15.3 Å². The van der Waals surface area contributed by atoms with Crippen molar-refractivity contribution in [1.29, 1.82) is 0 Å². The number of nitrogens with one attached hydrogen (secondary N) is 1. The molecule has 0 spiro atoms. The van der Waals surface area contributed by atoms with Crippen molar-refractivity contribution in [3.05, 3.63) is 18.2 Å². The minimum absolute atomic E-state index is 0.625. The highest BCUT2D eigenvalue weighted by Gasteiger charge is 2.13. The van der Waals surface area contributed by atoms with Crippen LogP contribution in [0, 0.1) is 12.8 Å². The zero-order valence-electron chi connectivity index (χ0n) is 9.07. The summed E-state index contributed by atoms with van der Waals surface area (Å²) in [6.07, 6.45) is 5.97. The minimum atomic E-state index is 0.625. The predicted molar refractivity (Wildman–Crippen MR) is 57.9 cm³/mol. The van der Waals surface area contributed by atoms with Crippen LogP contribution in [0.4, 0.5) is 0 Å². The Kier molecular flexibility index (Phi) is 3.50. The highest BCUT2D eigenvalue weighted by molar-refractivity contribution is 5.11. The maximum absolute atomic E-state index is 5.64. The first kappa shape index (κ1) is 10.4. The standard InChI is InChI=1S/C11H17N3O/c1-9-13-6-11(7-14-9)15-8-10-3-2-4-12-5-10/h6-7,10,12H,2-5,8H2,1H3. The Labute approximate surface area is 90.1 Å². The van der Waals surface area contributed by atoms with E-state index in [1.54, 1.807) is 12.4 Å². The first-order valence-electron chi connectivity index (χ1n) is 5.47. The van der Waals surface area contributed by atoms with Gasteiger partial charge in [0.1, 0.15) is 5.82 Å². The summed E-state index contributed by atoms with van der Waals surface area (Å²) in [6, 6.07) is 0. The lowest BCUT2D eigenvalue weighted by Gasteiger charge is -2.22. The molecule has 1 N–H and O–H groups in total. The summed E-state index contributed by atoms with van der Waals surface area (Å²) in [4.78, 5) is 8.18. The Bertz CT molecular complexity index is 293. The van der Waals surface area contributed by atoms with Crippen molar-refractivity contribution in [3.8, 4) is 5.75 Å². The molecule has 15 heavy (non-hydrogen) atoms. The molecule has 1 atom stereocenters. The van der Waals surface area contributed by atoms with Gasteiger partial charge in [-0.25, -0.2) is 9.97 Å². The molecule has 0 aliphatic carbocycles. The third-order valence-electron chi connectivity index (χ3n) is 2.64. The van der Waals surface area contributed by atoms with Crippen molar-refractivity contribution in [2.75, 3.05) is 19.7 Å². The van der Waals surface area contributed by atoms with Gasteiger partial charge in [-0.15, -0.1) is 0 Å². The summed E-state index contributed by atoms with van der Waals surface area (Å²) in [5.74, 6) is 2.17. The average Bonchev–Trinajstić information content (AvgIpc) is 2.30. The number of hydrogen-bond acceptors (Lipinski definition) is 4. The monoisotopic (exact) mass is 207 g/mol. The van der Waals surface area contributed by atoms with Crippen LogP contribution in [0.1, 0.15) is 18.7 Å². The smallest absolute Gasteiger partial charge is 0.155 e. The topological polar surface area (TPSA) is 47.0 Å². The fourth-order valence-corrected chi connectivity index (χ4v) is 1.74. The molecule has 2 heterocycles. The molecule has 0 radical (unpaired) electrons. The molecular formula is C11H17N3O. The van der Waals surface area contributed by atoms with Gasteiger partial charge in [0.05, 0.1) is 19.0 Å². The molecule has 0 bridgehead atoms. The Balaban J connectivity index is 1.79. The van der Waals surface area contributed by atoms with E-state index in [4.69, 9.17) is 4.74 Å². The molecule has 4 heteroatoms. The van der Waals surface area contributed by atoms with Crippen molar-refractivity contribution in [3.63, 3.8) is 0 Å². The van der Waals surface area contributed by atoms with Gasteiger partial charge in [0.25, 0.3) is 0 Å². The molecule has 82 valence electrons. The largest absolute Gasteiger partial charge is 0.490 e. The van der Waals surface area contributed by atoms with Gasteiger partial charge >= 0.3 is 0 Å². The number of piperidine rings is 1. The van der Waals surface area contributed by atoms with E-state index in [0.29, 0.717) is 5.92 Å². The summed E-state index contributed by atoms with van der Waals surface area (Å²) in [7, 11) is 0. The quantitative estimate of drug-likeness (QED) is 0.808. The zero-order valence-corrected chi connectivity index (χ0v) is 9.07. The van der Waals surface area contributed by atoms with Gasteiger partial charge in [0, 0.05) is 12.5 Å². The van der Waals surface area contributed by atoms with Crippen molar-refractivity contribution < 1.29 is 4.74 Å². The zero-order chi connectivity index (χ0) is 10.5. The van der Waals surface area contributed by atoms with Gasteiger partial charge in [-0.05, 0) is 26.3 Å². The van der Waals surface area contributed by atoms with Gasteiger partial charge in [-0.3, -0.25) is 0 Å². The second-order valence-electron chi connectivity index (χ2n) is 3.99. The highest BCUT2D eigenvalue weighted by atomic mass is 16.5. The fraction of sp³-hybridized carbons (Fsp3) is 0.636. The average molecular weight is 207 g/mol. The Morgan fingerprint density at radius 2 is 2.27 bits per heavy atom. The van der Waals surface area contributed by atoms with E-state index in [1.165, 1.54) is 12.8 Å². The van der Waals surface area contributed by atoms with Crippen LogP contribution >= 0.6 is 0 Å². The van der Waals surface area contributed by atoms with E-state index < -0.39 is 0 Å². The fourth-order valence-electron chi connectivity index (χ4n) is 1.74. The molecule has 1 aliphatic rings. The molecule has 4 nitrogen and oxygen atoms in total. The van der Waals surface area contributed by atoms with Crippen molar-refractivity contribution in [2.24, 2.45) is 5.92 Å². The van der Waals surface area contributed by atoms with Crippen molar-refractivity contribution in [1.82, 2.24) is 15.3 Å². The summed E-state index contributed by atoms with van der Waals surface area (Å²) in [6.45, 7) is 4.84. The predicted octanol–water partition coefficient (Wildman–Crippen LogP) is 1.16. The molecular weight excluding hydrogens is 190 g/mol. The normalized spacial score (nSPS) is 21.3. The second-order valence-corrected chi connectivity index (χ2v) is 3.99. The van der Waals surface area contributed by atoms with Gasteiger partial charge in [-0.1, -0.05) is 0 Å². The number of aromatic nitrogens is 2. The number of nitrogens with zero attached hydrogens (tertiary/aromatic N) is 2. The van der Waals surface area contributed by atoms with Gasteiger partial charge in [-0.2, -0.15) is 0 Å². The van der Waals surface area contributed by atoms with Crippen LogP contribution in [0.2, 0.25) is 0 Å². The van der Waals surface area contributed by atoms with Crippen LogP contribution in [0.15, 0.2) is 12.4 Å². The molecule has 1 fully saturated rings. The van der Waals surface area contributed by atoms with Gasteiger partial charge in [0.2, 0.25) is 0 Å². The second kappa shape index (κ2) is 5.07. The first-order chi connectivity index (χ1) is 7.34. The van der Waals surface area contributed by atoms with E-state index >= 15 is 0 Å².